The maximum absolute atomic E-state index is 12.6. The lowest BCUT2D eigenvalue weighted by molar-refractivity contribution is -0.923. The summed E-state index contributed by atoms with van der Waals surface area (Å²) in [7, 11) is -4.17. The summed E-state index contributed by atoms with van der Waals surface area (Å²) in [6.07, 6.45) is 53.1. The molecule has 66 heavy (non-hydrogen) atoms. The number of nitrogens with one attached hydrogen (secondary N) is 1. The number of carbonyl (C=O) groups excluding carboxylic acids is 1. The second-order valence-electron chi connectivity index (χ2n) is 19.4. The summed E-state index contributed by atoms with van der Waals surface area (Å²) in [5.41, 5.74) is 0. The van der Waals surface area contributed by atoms with Crippen molar-refractivity contribution in [3.05, 3.63) is 0 Å². The van der Waals surface area contributed by atoms with Crippen LogP contribution >= 0.6 is 0 Å². The molecule has 0 aliphatic heterocycles. The van der Waals surface area contributed by atoms with E-state index < -0.39 is 10.4 Å². The van der Waals surface area contributed by atoms with Crippen LogP contribution in [0.15, 0.2) is 4.99 Å². The van der Waals surface area contributed by atoms with E-state index in [1.54, 1.807) is 0 Å². The zero-order valence-electron chi connectivity index (χ0n) is 44.2. The number of rotatable bonds is 51. The lowest BCUT2D eigenvalue weighted by Gasteiger charge is -2.37. The average Bonchev–Trinajstić information content (AvgIpc) is 3.29. The molecule has 0 saturated heterocycles. The third kappa shape index (κ3) is 53.2. The highest BCUT2D eigenvalue weighted by molar-refractivity contribution is 7.80. The zero-order valence-corrected chi connectivity index (χ0v) is 45.0. The van der Waals surface area contributed by atoms with E-state index in [4.69, 9.17) is 4.55 Å². The van der Waals surface area contributed by atoms with Crippen LogP contribution < -0.4 is 10.4 Å². The van der Waals surface area contributed by atoms with Crippen molar-refractivity contribution in [3.63, 3.8) is 0 Å². The Bertz CT molecular complexity index is 1200. The molecule has 0 aromatic heterocycles. The summed E-state index contributed by atoms with van der Waals surface area (Å²) < 4.78 is 31.4. The molecule has 2 N–H and O–H groups in total. The monoisotopic (exact) mass is 955 g/mol. The Morgan fingerprint density at radius 3 is 1.17 bits per heavy atom. The van der Waals surface area contributed by atoms with Gasteiger partial charge >= 0.3 is 10.4 Å². The van der Waals surface area contributed by atoms with E-state index >= 15 is 0 Å². The van der Waals surface area contributed by atoms with Crippen LogP contribution in [0, 0.1) is 11.3 Å². The van der Waals surface area contributed by atoms with Crippen LogP contribution in [0.2, 0.25) is 0 Å². The van der Waals surface area contributed by atoms with E-state index in [-0.39, 0.29) is 18.4 Å². The van der Waals surface area contributed by atoms with Gasteiger partial charge in [0.1, 0.15) is 0 Å². The normalized spacial score (nSPS) is 12.7. The summed E-state index contributed by atoms with van der Waals surface area (Å²) in [5.74, 6) is 0.172. The minimum absolute atomic E-state index is 0.0272. The topological polar surface area (TPSA) is 152 Å². The number of nitrogens with zero attached hydrogens (tertiary/aromatic N) is 3. The highest BCUT2D eigenvalue weighted by atomic mass is 32.3. The first-order valence-corrected chi connectivity index (χ1v) is 29.8. The van der Waals surface area contributed by atoms with Crippen molar-refractivity contribution in [2.24, 2.45) is 4.99 Å². The molecule has 1 atom stereocenters. The molecule has 0 heterocycles. The van der Waals surface area contributed by atoms with Crippen LogP contribution in [-0.2, 0) is 19.4 Å². The smallest absolute Gasteiger partial charge is 0.397 e. The quantitative estimate of drug-likeness (QED) is 0.0202. The first-order valence-electron chi connectivity index (χ1n) is 28.4. The van der Waals surface area contributed by atoms with E-state index in [2.05, 4.69) is 41.3 Å². The van der Waals surface area contributed by atoms with E-state index in [0.717, 1.165) is 56.3 Å². The van der Waals surface area contributed by atoms with E-state index in [9.17, 15) is 23.6 Å². The van der Waals surface area contributed by atoms with Crippen molar-refractivity contribution >= 4 is 22.2 Å². The Morgan fingerprint density at radius 2 is 0.879 bits per heavy atom. The van der Waals surface area contributed by atoms with Crippen LogP contribution in [0.25, 0.3) is 0 Å². The second kappa shape index (κ2) is 52.6. The van der Waals surface area contributed by atoms with E-state index in [1.807, 2.05) is 0 Å². The maximum atomic E-state index is 12.6. The van der Waals surface area contributed by atoms with Gasteiger partial charge < -0.3 is 14.9 Å². The number of likely N-dealkylation sites (N-methyl/N-ethyl adjacent to an activating group) is 1. The molecular weight excluding hydrogens is 845 g/mol. The van der Waals surface area contributed by atoms with Crippen molar-refractivity contribution < 1.29 is 31.5 Å². The molecule has 1 unspecified atom stereocenters. The van der Waals surface area contributed by atoms with Gasteiger partial charge in [0.25, 0.3) is 0 Å². The fourth-order valence-corrected chi connectivity index (χ4v) is 9.25. The third-order valence-corrected chi connectivity index (χ3v) is 13.9. The molecule has 0 saturated carbocycles. The highest BCUT2D eigenvalue weighted by Gasteiger charge is 2.24. The molecule has 0 fully saturated rings. The number of aliphatic imine (C=N–C) groups is 1. The van der Waals surface area contributed by atoms with Gasteiger partial charge in [0.05, 0.1) is 58.4 Å². The number of carbonyl (C=O) groups is 1. The van der Waals surface area contributed by atoms with Crippen LogP contribution in [0.3, 0.4) is 0 Å². The van der Waals surface area contributed by atoms with Gasteiger partial charge in [-0.3, -0.25) is 14.3 Å². The molecule has 0 bridgehead atoms. The minimum atomic E-state index is -4.17. The van der Waals surface area contributed by atoms with Gasteiger partial charge in [-0.25, -0.2) is 4.18 Å². The van der Waals surface area contributed by atoms with Gasteiger partial charge in [0.15, 0.2) is 0 Å². The Kier molecular flexibility index (Phi) is 52.9. The van der Waals surface area contributed by atoms with E-state index in [1.165, 1.54) is 225 Å². The Morgan fingerprint density at radius 1 is 0.545 bits per heavy atom. The summed E-state index contributed by atoms with van der Waals surface area (Å²) in [5, 5.41) is 25.0. The Labute approximate surface area is 410 Å². The molecule has 0 aromatic rings. The van der Waals surface area contributed by atoms with Crippen LogP contribution in [-0.4, -0.2) is 75.1 Å². The van der Waals surface area contributed by atoms with Gasteiger partial charge in [0, 0.05) is 6.42 Å². The molecule has 0 rings (SSSR count). The zero-order chi connectivity index (χ0) is 48.9. The first kappa shape index (κ1) is 66.3. The van der Waals surface area contributed by atoms with Crippen LogP contribution in [0.1, 0.15) is 291 Å². The summed E-state index contributed by atoms with van der Waals surface area (Å²) in [4.78, 5) is 17.0. The summed E-state index contributed by atoms with van der Waals surface area (Å²) in [6, 6.07) is 2.31. The van der Waals surface area contributed by atoms with Crippen molar-refractivity contribution in [2.75, 3.05) is 45.9 Å². The largest absolute Gasteiger partial charge is 0.862 e. The summed E-state index contributed by atoms with van der Waals surface area (Å²) >= 11 is 0. The molecule has 0 aliphatic rings. The van der Waals surface area contributed by atoms with Crippen molar-refractivity contribution in [2.45, 2.75) is 291 Å². The molecule has 10 nitrogen and oxygen atoms in total. The molecule has 392 valence electrons. The molecule has 0 aromatic carbocycles. The average molecular weight is 956 g/mol. The lowest BCUT2D eigenvalue weighted by Crippen LogP contribution is -2.53. The van der Waals surface area contributed by atoms with Crippen LogP contribution in [0.5, 0.6) is 0 Å². The Balaban J connectivity index is 0. The number of quaternary nitrogens is 1. The molecule has 0 aliphatic carbocycles. The molecule has 0 spiro atoms. The predicted molar refractivity (Wildman–Crippen MR) is 280 cm³/mol. The molecule has 0 radical (unpaired) electrons. The number of amides is 1. The third-order valence-electron chi connectivity index (χ3n) is 13.4. The predicted octanol–water partition coefficient (Wildman–Crippen LogP) is 15.1. The van der Waals surface area contributed by atoms with Gasteiger partial charge in [-0.1, -0.05) is 245 Å². The maximum Gasteiger partial charge on any atom is 0.397 e. The highest BCUT2D eigenvalue weighted by Crippen LogP contribution is 2.17. The molecule has 1 amide bonds. The standard InChI is InChI=1S/C53H104N4O2.C2H6O4S/c1-4-7-9-11-13-15-17-19-21-23-25-27-29-31-33-35-37-39-41-44-52(58)55-47-50-57(6-3,49-43-46-54)51-48-56-53(59)45-42-40-38-36-34-32-30-28-26-24-22-20-18-16-14-12-10-8-5-2;1-2-6-7(3,4)5/h4-45,47-51H2,1-3H3,(H-,55,56,58,59);2H2,1H3,(H,3,4,5). The van der Waals surface area contributed by atoms with Gasteiger partial charge in [-0.15, -0.1) is 0 Å². The molecular formula is C55H110N4O6S. The van der Waals surface area contributed by atoms with Crippen LogP contribution in [0.4, 0.5) is 0 Å². The first-order chi connectivity index (χ1) is 32.1. The van der Waals surface area contributed by atoms with Crippen molar-refractivity contribution in [3.8, 4) is 6.07 Å². The summed E-state index contributed by atoms with van der Waals surface area (Å²) in [6.45, 7) is 12.4. The number of hydrogen-bond donors (Lipinski definition) is 2. The lowest BCUT2D eigenvalue weighted by atomic mass is 10.0. The second-order valence-corrected chi connectivity index (χ2v) is 20.5. The SMILES string of the molecule is CCCCCCCCCCCCCCCCCCCCCC(=O)NCC[N+](CC)(CCC#N)CCN=C([O-])CCCCCCCCCCCCCCCCCCCCC.CCOS(=O)(=O)O. The van der Waals surface area contributed by atoms with E-state index in [0.29, 0.717) is 32.4 Å². The fourth-order valence-electron chi connectivity index (χ4n) is 8.95. The van der Waals surface area contributed by atoms with Crippen molar-refractivity contribution in [1.82, 2.24) is 5.32 Å². The Hall–Kier alpha value is -1.74. The van der Waals surface area contributed by atoms with Gasteiger partial charge in [0.2, 0.25) is 5.91 Å². The van der Waals surface area contributed by atoms with Crippen molar-refractivity contribution in [1.29, 1.82) is 5.26 Å². The number of hydrogen-bond acceptors (Lipinski definition) is 7. The fraction of sp³-hybridized carbons (Fsp3) is 0.945. The minimum Gasteiger partial charge on any atom is -0.862 e. The van der Waals surface area contributed by atoms with Gasteiger partial charge in [-0.2, -0.15) is 13.7 Å². The number of unbranched alkanes of at least 4 members (excludes halogenated alkanes) is 36. The number of nitriles is 1. The van der Waals surface area contributed by atoms with Gasteiger partial charge in [-0.05, 0) is 39.0 Å². The molecule has 11 heteroatoms.